The molecule has 0 aliphatic carbocycles. The zero-order valence-corrected chi connectivity index (χ0v) is 11.0. The topological polar surface area (TPSA) is 18.5 Å². The highest BCUT2D eigenvalue weighted by Gasteiger charge is 2.40. The standard InChI is InChI=1S/C15H22O2/c1-12-9-13(2)17-15(12,3)11-16-10-14-7-5-4-6-8-14/h4-8,12-13H,9-11H2,1-3H3/t12-,13+,15+/m0/s1. The minimum Gasteiger partial charge on any atom is -0.374 e. The lowest BCUT2D eigenvalue weighted by Crippen LogP contribution is -2.36. The molecular formula is C15H22O2. The van der Waals surface area contributed by atoms with Gasteiger partial charge in [0, 0.05) is 0 Å². The van der Waals surface area contributed by atoms with Gasteiger partial charge in [0.05, 0.1) is 24.9 Å². The summed E-state index contributed by atoms with van der Waals surface area (Å²) in [6.07, 6.45) is 1.49. The molecule has 0 aromatic heterocycles. The summed E-state index contributed by atoms with van der Waals surface area (Å²) in [5.41, 5.74) is 1.10. The lowest BCUT2D eigenvalue weighted by molar-refractivity contribution is -0.0929. The molecule has 0 amide bonds. The molecule has 0 bridgehead atoms. The zero-order valence-electron chi connectivity index (χ0n) is 11.0. The molecular weight excluding hydrogens is 212 g/mol. The van der Waals surface area contributed by atoms with E-state index < -0.39 is 0 Å². The van der Waals surface area contributed by atoms with Gasteiger partial charge in [-0.05, 0) is 31.7 Å². The normalized spacial score (nSPS) is 32.9. The molecule has 0 spiro atoms. The average molecular weight is 234 g/mol. The molecule has 2 heteroatoms. The van der Waals surface area contributed by atoms with E-state index in [0.717, 1.165) is 6.42 Å². The first-order valence-corrected chi connectivity index (χ1v) is 6.39. The van der Waals surface area contributed by atoms with Crippen LogP contribution in [0.4, 0.5) is 0 Å². The summed E-state index contributed by atoms with van der Waals surface area (Å²) in [7, 11) is 0. The van der Waals surface area contributed by atoms with Crippen LogP contribution < -0.4 is 0 Å². The molecule has 1 heterocycles. The lowest BCUT2D eigenvalue weighted by atomic mass is 9.91. The van der Waals surface area contributed by atoms with Gasteiger partial charge in [0.25, 0.3) is 0 Å². The second-order valence-corrected chi connectivity index (χ2v) is 5.36. The molecule has 0 radical (unpaired) electrons. The van der Waals surface area contributed by atoms with Gasteiger partial charge in [0.2, 0.25) is 0 Å². The summed E-state index contributed by atoms with van der Waals surface area (Å²) in [4.78, 5) is 0. The van der Waals surface area contributed by atoms with E-state index in [0.29, 0.717) is 25.2 Å². The van der Waals surface area contributed by atoms with Crippen molar-refractivity contribution in [2.75, 3.05) is 6.61 Å². The molecule has 1 saturated heterocycles. The highest BCUT2D eigenvalue weighted by molar-refractivity contribution is 5.13. The molecule has 0 saturated carbocycles. The van der Waals surface area contributed by atoms with Crippen LogP contribution in [-0.4, -0.2) is 18.3 Å². The van der Waals surface area contributed by atoms with Crippen LogP contribution in [0.5, 0.6) is 0 Å². The third-order valence-corrected chi connectivity index (χ3v) is 3.70. The molecule has 2 nitrogen and oxygen atoms in total. The van der Waals surface area contributed by atoms with Crippen molar-refractivity contribution in [3.63, 3.8) is 0 Å². The Bertz CT molecular complexity index is 349. The van der Waals surface area contributed by atoms with Gasteiger partial charge >= 0.3 is 0 Å². The van der Waals surface area contributed by atoms with Crippen molar-refractivity contribution in [1.82, 2.24) is 0 Å². The predicted octanol–water partition coefficient (Wildman–Crippen LogP) is 3.41. The van der Waals surface area contributed by atoms with Crippen molar-refractivity contribution in [3.05, 3.63) is 35.9 Å². The van der Waals surface area contributed by atoms with Gasteiger partial charge in [-0.1, -0.05) is 37.3 Å². The van der Waals surface area contributed by atoms with E-state index in [9.17, 15) is 0 Å². The van der Waals surface area contributed by atoms with E-state index in [-0.39, 0.29) is 5.60 Å². The Morgan fingerprint density at radius 3 is 2.59 bits per heavy atom. The van der Waals surface area contributed by atoms with Crippen LogP contribution in [-0.2, 0) is 16.1 Å². The average Bonchev–Trinajstić information content (AvgIpc) is 2.54. The van der Waals surface area contributed by atoms with E-state index >= 15 is 0 Å². The quantitative estimate of drug-likeness (QED) is 0.795. The Balaban J connectivity index is 1.82. The summed E-state index contributed by atoms with van der Waals surface area (Å²) in [6, 6.07) is 10.3. The highest BCUT2D eigenvalue weighted by Crippen LogP contribution is 2.35. The first-order valence-electron chi connectivity index (χ1n) is 6.39. The maximum atomic E-state index is 5.97. The minimum absolute atomic E-state index is 0.117. The SMILES string of the molecule is C[C@@H]1C[C@H](C)[C@@](C)(COCc2ccccc2)O1. The van der Waals surface area contributed by atoms with Gasteiger partial charge < -0.3 is 9.47 Å². The summed E-state index contributed by atoms with van der Waals surface area (Å²) < 4.78 is 11.8. The molecule has 0 N–H and O–H groups in total. The van der Waals surface area contributed by atoms with E-state index in [4.69, 9.17) is 9.47 Å². The molecule has 3 atom stereocenters. The third-order valence-electron chi connectivity index (χ3n) is 3.70. The van der Waals surface area contributed by atoms with Crippen molar-refractivity contribution >= 4 is 0 Å². The fourth-order valence-electron chi connectivity index (χ4n) is 2.49. The van der Waals surface area contributed by atoms with Crippen molar-refractivity contribution < 1.29 is 9.47 Å². The van der Waals surface area contributed by atoms with Crippen LogP contribution in [0.15, 0.2) is 30.3 Å². The Hall–Kier alpha value is -0.860. The Labute approximate surface area is 104 Å². The molecule has 1 aliphatic heterocycles. The number of ether oxygens (including phenoxy) is 2. The Morgan fingerprint density at radius 1 is 1.29 bits per heavy atom. The molecule has 1 aromatic rings. The predicted molar refractivity (Wildman–Crippen MR) is 68.8 cm³/mol. The maximum absolute atomic E-state index is 5.97. The van der Waals surface area contributed by atoms with E-state index in [2.05, 4.69) is 32.9 Å². The molecule has 1 aromatic carbocycles. The van der Waals surface area contributed by atoms with Crippen molar-refractivity contribution in [3.8, 4) is 0 Å². The number of hydrogen-bond acceptors (Lipinski definition) is 2. The molecule has 0 unspecified atom stereocenters. The molecule has 94 valence electrons. The second-order valence-electron chi connectivity index (χ2n) is 5.36. The third kappa shape index (κ3) is 3.08. The molecule has 17 heavy (non-hydrogen) atoms. The van der Waals surface area contributed by atoms with Crippen molar-refractivity contribution in [1.29, 1.82) is 0 Å². The van der Waals surface area contributed by atoms with Crippen LogP contribution in [0.3, 0.4) is 0 Å². The highest BCUT2D eigenvalue weighted by atomic mass is 16.6. The van der Waals surface area contributed by atoms with Crippen molar-refractivity contribution in [2.24, 2.45) is 5.92 Å². The van der Waals surface area contributed by atoms with Crippen LogP contribution >= 0.6 is 0 Å². The van der Waals surface area contributed by atoms with Crippen molar-refractivity contribution in [2.45, 2.75) is 45.5 Å². The van der Waals surface area contributed by atoms with E-state index in [1.807, 2.05) is 18.2 Å². The van der Waals surface area contributed by atoms with Gasteiger partial charge in [0.1, 0.15) is 0 Å². The molecule has 1 aliphatic rings. The number of benzene rings is 1. The lowest BCUT2D eigenvalue weighted by Gasteiger charge is -2.28. The van der Waals surface area contributed by atoms with Crippen LogP contribution in [0.2, 0.25) is 0 Å². The van der Waals surface area contributed by atoms with E-state index in [1.165, 1.54) is 5.56 Å². The maximum Gasteiger partial charge on any atom is 0.0916 e. The Kier molecular flexibility index (Phi) is 3.85. The fourth-order valence-corrected chi connectivity index (χ4v) is 2.49. The summed E-state index contributed by atoms with van der Waals surface area (Å²) in [5.74, 6) is 0.563. The van der Waals surface area contributed by atoms with Gasteiger partial charge in [-0.15, -0.1) is 0 Å². The summed E-state index contributed by atoms with van der Waals surface area (Å²) in [6.45, 7) is 7.88. The molecule has 2 rings (SSSR count). The van der Waals surface area contributed by atoms with E-state index in [1.54, 1.807) is 0 Å². The van der Waals surface area contributed by atoms with Gasteiger partial charge in [-0.3, -0.25) is 0 Å². The summed E-state index contributed by atoms with van der Waals surface area (Å²) in [5, 5.41) is 0. The van der Waals surface area contributed by atoms with Gasteiger partial charge in [-0.25, -0.2) is 0 Å². The first kappa shape index (κ1) is 12.6. The van der Waals surface area contributed by atoms with Crippen LogP contribution in [0.1, 0.15) is 32.8 Å². The fraction of sp³-hybridized carbons (Fsp3) is 0.600. The smallest absolute Gasteiger partial charge is 0.0916 e. The van der Waals surface area contributed by atoms with Gasteiger partial charge in [0.15, 0.2) is 0 Å². The largest absolute Gasteiger partial charge is 0.374 e. The molecule has 1 fully saturated rings. The van der Waals surface area contributed by atoms with Gasteiger partial charge in [-0.2, -0.15) is 0 Å². The Morgan fingerprint density at radius 2 is 2.00 bits per heavy atom. The minimum atomic E-state index is -0.117. The number of rotatable bonds is 4. The zero-order chi connectivity index (χ0) is 12.3. The van der Waals surface area contributed by atoms with Crippen LogP contribution in [0, 0.1) is 5.92 Å². The number of hydrogen-bond donors (Lipinski definition) is 0. The summed E-state index contributed by atoms with van der Waals surface area (Å²) >= 11 is 0. The monoisotopic (exact) mass is 234 g/mol. The van der Waals surface area contributed by atoms with Crippen LogP contribution in [0.25, 0.3) is 0 Å². The second kappa shape index (κ2) is 5.19. The first-order chi connectivity index (χ1) is 8.10.